The molecule has 1 saturated heterocycles. The highest BCUT2D eigenvalue weighted by Gasteiger charge is 2.41. The van der Waals surface area contributed by atoms with Gasteiger partial charge in [0.25, 0.3) is 0 Å². The molecule has 3 heteroatoms. The minimum absolute atomic E-state index is 0.102. The van der Waals surface area contributed by atoms with Crippen LogP contribution in [-0.4, -0.2) is 29.4 Å². The number of likely N-dealkylation sites (tertiary alicyclic amines) is 1. The molecule has 1 rings (SSSR count). The van der Waals surface area contributed by atoms with E-state index in [2.05, 4.69) is 18.7 Å². The molecule has 0 aromatic carbocycles. The molecule has 1 radical (unpaired) electrons. The van der Waals surface area contributed by atoms with E-state index in [0.717, 1.165) is 6.54 Å². The van der Waals surface area contributed by atoms with Crippen LogP contribution in [-0.2, 0) is 4.79 Å². The van der Waals surface area contributed by atoms with Crippen molar-refractivity contribution in [3.8, 4) is 0 Å². The average Bonchev–Trinajstić information content (AvgIpc) is 1.80. The minimum Gasteiger partial charge on any atom is -0.368 e. The van der Waals surface area contributed by atoms with E-state index in [9.17, 15) is 4.79 Å². The first-order valence-electron chi connectivity index (χ1n) is 3.91. The van der Waals surface area contributed by atoms with Gasteiger partial charge in [-0.15, -0.1) is 0 Å². The Balaban J connectivity index is 2.55. The Morgan fingerprint density at radius 2 is 2.27 bits per heavy atom. The fourth-order valence-electron chi connectivity index (χ4n) is 1.52. The van der Waals surface area contributed by atoms with Gasteiger partial charge in [-0.05, 0) is 13.8 Å². The SMILES string of the molecule is C[C]1CN(C(C)C)C1C(N)=O. The third-order valence-electron chi connectivity index (χ3n) is 2.16. The second-order valence-corrected chi connectivity index (χ2v) is 3.42. The molecule has 2 N–H and O–H groups in total. The molecule has 0 spiro atoms. The van der Waals surface area contributed by atoms with Gasteiger partial charge in [-0.3, -0.25) is 9.69 Å². The summed E-state index contributed by atoms with van der Waals surface area (Å²) in [6, 6.07) is 0.311. The number of rotatable bonds is 2. The van der Waals surface area contributed by atoms with Gasteiger partial charge in [0.15, 0.2) is 0 Å². The highest BCUT2D eigenvalue weighted by molar-refractivity contribution is 5.84. The van der Waals surface area contributed by atoms with Crippen LogP contribution in [0.15, 0.2) is 0 Å². The number of primary amides is 1. The van der Waals surface area contributed by atoms with E-state index < -0.39 is 0 Å². The van der Waals surface area contributed by atoms with E-state index in [4.69, 9.17) is 5.73 Å². The molecule has 0 bridgehead atoms. The van der Waals surface area contributed by atoms with Crippen molar-refractivity contribution in [2.75, 3.05) is 6.54 Å². The summed E-state index contributed by atoms with van der Waals surface area (Å²) in [5, 5.41) is 0. The van der Waals surface area contributed by atoms with E-state index in [1.165, 1.54) is 5.92 Å². The summed E-state index contributed by atoms with van der Waals surface area (Å²) in [5.74, 6) is 0.966. The monoisotopic (exact) mass is 155 g/mol. The van der Waals surface area contributed by atoms with Crippen molar-refractivity contribution in [1.29, 1.82) is 0 Å². The number of amides is 1. The van der Waals surface area contributed by atoms with Crippen LogP contribution in [0.1, 0.15) is 20.8 Å². The lowest BCUT2D eigenvalue weighted by Crippen LogP contribution is -2.62. The number of hydrogen-bond donors (Lipinski definition) is 1. The molecule has 1 fully saturated rings. The first-order valence-corrected chi connectivity index (χ1v) is 3.91. The van der Waals surface area contributed by atoms with Crippen molar-refractivity contribution in [3.05, 3.63) is 5.92 Å². The Kier molecular flexibility index (Phi) is 2.18. The van der Waals surface area contributed by atoms with Crippen LogP contribution in [0.3, 0.4) is 0 Å². The van der Waals surface area contributed by atoms with Gasteiger partial charge < -0.3 is 5.73 Å². The first kappa shape index (κ1) is 8.53. The van der Waals surface area contributed by atoms with Crippen molar-refractivity contribution in [2.45, 2.75) is 32.9 Å². The maximum atomic E-state index is 10.9. The molecule has 1 unspecified atom stereocenters. The number of nitrogens with zero attached hydrogens (tertiary/aromatic N) is 1. The molecule has 0 aromatic heterocycles. The molecule has 63 valence electrons. The molecule has 1 aliphatic rings. The molecule has 0 aromatic rings. The van der Waals surface area contributed by atoms with Crippen LogP contribution in [0, 0.1) is 5.92 Å². The summed E-state index contributed by atoms with van der Waals surface area (Å²) in [4.78, 5) is 13.0. The largest absolute Gasteiger partial charge is 0.368 e. The zero-order valence-corrected chi connectivity index (χ0v) is 7.29. The fourth-order valence-corrected chi connectivity index (χ4v) is 1.52. The Morgan fingerprint density at radius 3 is 2.45 bits per heavy atom. The zero-order chi connectivity index (χ0) is 8.59. The van der Waals surface area contributed by atoms with E-state index in [0.29, 0.717) is 6.04 Å². The van der Waals surface area contributed by atoms with E-state index in [1.807, 2.05) is 6.92 Å². The Hall–Kier alpha value is -0.570. The van der Waals surface area contributed by atoms with Crippen LogP contribution in [0.25, 0.3) is 0 Å². The van der Waals surface area contributed by atoms with Gasteiger partial charge in [-0.1, -0.05) is 6.92 Å². The quantitative estimate of drug-likeness (QED) is 0.617. The Bertz CT molecular complexity index is 167. The molecule has 3 nitrogen and oxygen atoms in total. The van der Waals surface area contributed by atoms with Crippen molar-refractivity contribution in [2.24, 2.45) is 5.73 Å². The highest BCUT2D eigenvalue weighted by Crippen LogP contribution is 2.27. The number of carbonyl (C=O) groups is 1. The standard InChI is InChI=1S/C8H15N2O/c1-5(2)10-4-6(3)7(10)8(9)11/h5,7H,4H2,1-3H3,(H2,9,11). The Morgan fingerprint density at radius 1 is 1.73 bits per heavy atom. The molecule has 1 amide bonds. The summed E-state index contributed by atoms with van der Waals surface area (Å²) in [6.45, 7) is 7.05. The van der Waals surface area contributed by atoms with Crippen LogP contribution >= 0.6 is 0 Å². The van der Waals surface area contributed by atoms with Crippen molar-refractivity contribution in [1.82, 2.24) is 4.90 Å². The molecule has 0 saturated carbocycles. The summed E-state index contributed by atoms with van der Waals surface area (Å²) >= 11 is 0. The Labute approximate surface area is 67.5 Å². The van der Waals surface area contributed by atoms with Crippen molar-refractivity contribution in [3.63, 3.8) is 0 Å². The lowest BCUT2D eigenvalue weighted by molar-refractivity contribution is -0.126. The van der Waals surface area contributed by atoms with Gasteiger partial charge in [-0.2, -0.15) is 0 Å². The molecule has 11 heavy (non-hydrogen) atoms. The summed E-state index contributed by atoms with van der Waals surface area (Å²) in [7, 11) is 0. The van der Waals surface area contributed by atoms with Crippen LogP contribution < -0.4 is 5.73 Å². The highest BCUT2D eigenvalue weighted by atomic mass is 16.1. The molecule has 0 aliphatic carbocycles. The fraction of sp³-hybridized carbons (Fsp3) is 0.750. The molecule has 1 atom stereocenters. The second-order valence-electron chi connectivity index (χ2n) is 3.42. The normalized spacial score (nSPS) is 27.1. The summed E-state index contributed by atoms with van der Waals surface area (Å²) in [6.07, 6.45) is 0. The number of nitrogens with two attached hydrogens (primary N) is 1. The maximum absolute atomic E-state index is 10.9. The van der Waals surface area contributed by atoms with E-state index in [1.54, 1.807) is 0 Å². The molecular formula is C8H15N2O. The van der Waals surface area contributed by atoms with Crippen LogP contribution in [0.2, 0.25) is 0 Å². The van der Waals surface area contributed by atoms with E-state index >= 15 is 0 Å². The van der Waals surface area contributed by atoms with E-state index in [-0.39, 0.29) is 11.9 Å². The van der Waals surface area contributed by atoms with Crippen LogP contribution in [0.4, 0.5) is 0 Å². The molecule has 1 heterocycles. The van der Waals surface area contributed by atoms with Crippen LogP contribution in [0.5, 0.6) is 0 Å². The zero-order valence-electron chi connectivity index (χ0n) is 7.29. The topological polar surface area (TPSA) is 46.3 Å². The summed E-state index contributed by atoms with van der Waals surface area (Å²) in [5.41, 5.74) is 5.21. The molecular weight excluding hydrogens is 140 g/mol. The first-order chi connectivity index (χ1) is 5.04. The smallest absolute Gasteiger partial charge is 0.235 e. The van der Waals surface area contributed by atoms with Gasteiger partial charge in [0.2, 0.25) is 5.91 Å². The third-order valence-corrected chi connectivity index (χ3v) is 2.16. The predicted molar refractivity (Wildman–Crippen MR) is 43.7 cm³/mol. The second kappa shape index (κ2) is 2.81. The van der Waals surface area contributed by atoms with Gasteiger partial charge in [-0.25, -0.2) is 0 Å². The molecule has 1 aliphatic heterocycles. The van der Waals surface area contributed by atoms with Crippen molar-refractivity contribution >= 4 is 5.91 Å². The van der Waals surface area contributed by atoms with Gasteiger partial charge >= 0.3 is 0 Å². The van der Waals surface area contributed by atoms with Gasteiger partial charge in [0.05, 0.1) is 6.04 Å². The minimum atomic E-state index is -0.220. The lowest BCUT2D eigenvalue weighted by atomic mass is 9.88. The van der Waals surface area contributed by atoms with Gasteiger partial charge in [0, 0.05) is 18.5 Å². The number of hydrogen-bond acceptors (Lipinski definition) is 2. The van der Waals surface area contributed by atoms with Gasteiger partial charge in [0.1, 0.15) is 0 Å². The number of carbonyl (C=O) groups excluding carboxylic acids is 1. The van der Waals surface area contributed by atoms with Crippen molar-refractivity contribution < 1.29 is 4.79 Å². The average molecular weight is 155 g/mol. The summed E-state index contributed by atoms with van der Waals surface area (Å²) < 4.78 is 0. The maximum Gasteiger partial charge on any atom is 0.235 e. The predicted octanol–water partition coefficient (Wildman–Crippen LogP) is 0.159. The lowest BCUT2D eigenvalue weighted by Gasteiger charge is -2.46. The third kappa shape index (κ3) is 1.38.